The summed E-state index contributed by atoms with van der Waals surface area (Å²) in [6, 6.07) is 0.418. The molecule has 1 aliphatic carbocycles. The molecule has 0 aromatic rings. The van der Waals surface area contributed by atoms with Crippen LogP contribution in [0.3, 0.4) is 0 Å². The summed E-state index contributed by atoms with van der Waals surface area (Å²) in [7, 11) is -1.59. The Bertz CT molecular complexity index is 521. The fourth-order valence-electron chi connectivity index (χ4n) is 3.24. The third-order valence-electron chi connectivity index (χ3n) is 4.75. The van der Waals surface area contributed by atoms with E-state index in [1.165, 1.54) is 6.42 Å². The summed E-state index contributed by atoms with van der Waals surface area (Å²) in [5.74, 6) is 0.705. The van der Waals surface area contributed by atoms with Crippen LogP contribution in [0.4, 0.5) is 0 Å². The van der Waals surface area contributed by atoms with Crippen LogP contribution >= 0.6 is 11.8 Å². The van der Waals surface area contributed by atoms with Gasteiger partial charge in [0, 0.05) is 38.0 Å². The molecule has 146 valence electrons. The number of sulfonamides is 1. The Labute approximate surface area is 156 Å². The first-order valence-corrected chi connectivity index (χ1v) is 12.1. The van der Waals surface area contributed by atoms with Crippen LogP contribution in [-0.2, 0) is 14.8 Å². The van der Waals surface area contributed by atoms with Gasteiger partial charge in [-0.3, -0.25) is 4.99 Å². The van der Waals surface area contributed by atoms with Gasteiger partial charge in [0.25, 0.3) is 0 Å². The molecule has 0 aromatic heterocycles. The van der Waals surface area contributed by atoms with Crippen LogP contribution in [-0.4, -0.2) is 70.5 Å². The van der Waals surface area contributed by atoms with Crippen LogP contribution in [0.1, 0.15) is 38.5 Å². The molecule has 0 bridgehead atoms. The average molecular weight is 393 g/mol. The topological polar surface area (TPSA) is 91.8 Å². The first-order valence-electron chi connectivity index (χ1n) is 9.11. The van der Waals surface area contributed by atoms with Crippen molar-refractivity contribution in [3.63, 3.8) is 0 Å². The van der Waals surface area contributed by atoms with Gasteiger partial charge in [0.05, 0.1) is 11.9 Å². The summed E-state index contributed by atoms with van der Waals surface area (Å²) in [6.07, 6.45) is 8.74. The molecule has 2 rings (SSSR count). The van der Waals surface area contributed by atoms with Gasteiger partial charge in [-0.05, 0) is 44.8 Å². The van der Waals surface area contributed by atoms with E-state index in [1.54, 1.807) is 7.05 Å². The fraction of sp³-hybridized carbons (Fsp3) is 0.938. The number of aliphatic imine (C=N–C) groups is 1. The van der Waals surface area contributed by atoms with Crippen LogP contribution < -0.4 is 15.4 Å². The zero-order valence-corrected chi connectivity index (χ0v) is 16.9. The molecule has 0 radical (unpaired) electrons. The highest BCUT2D eigenvalue weighted by atomic mass is 32.2. The minimum atomic E-state index is -3.30. The quantitative estimate of drug-likeness (QED) is 0.420. The second kappa shape index (κ2) is 10.6. The molecular weight excluding hydrogens is 360 g/mol. The van der Waals surface area contributed by atoms with Crippen molar-refractivity contribution in [2.75, 3.05) is 38.8 Å². The zero-order valence-electron chi connectivity index (χ0n) is 15.3. The lowest BCUT2D eigenvalue weighted by Crippen LogP contribution is -2.45. The second-order valence-corrected chi connectivity index (χ2v) is 9.73. The first-order chi connectivity index (χ1) is 12.0. The highest BCUT2D eigenvalue weighted by Gasteiger charge is 2.24. The number of rotatable bonds is 8. The minimum Gasteiger partial charge on any atom is -0.377 e. The molecule has 25 heavy (non-hydrogen) atoms. The van der Waals surface area contributed by atoms with Crippen molar-refractivity contribution >= 4 is 27.7 Å². The Balaban J connectivity index is 1.65. The van der Waals surface area contributed by atoms with Crippen molar-refractivity contribution in [1.82, 2.24) is 15.4 Å². The molecule has 9 heteroatoms. The molecule has 2 aliphatic rings. The molecule has 7 nitrogen and oxygen atoms in total. The Kier molecular flexibility index (Phi) is 8.81. The van der Waals surface area contributed by atoms with Gasteiger partial charge >= 0.3 is 0 Å². The summed E-state index contributed by atoms with van der Waals surface area (Å²) in [5, 5.41) is 7.21. The molecule has 3 N–H and O–H groups in total. The number of thioether (sulfide) groups is 1. The number of hydrogen-bond donors (Lipinski definition) is 3. The normalized spacial score (nSPS) is 28.1. The SMILES string of the molecule is CN=C(NCCS(=O)(=O)NCC1CCCCO1)NC1CCC(SC)C1. The number of guanidine groups is 1. The minimum absolute atomic E-state index is 0.0117. The molecule has 1 heterocycles. The van der Waals surface area contributed by atoms with E-state index in [4.69, 9.17) is 4.74 Å². The monoisotopic (exact) mass is 392 g/mol. The van der Waals surface area contributed by atoms with E-state index < -0.39 is 10.0 Å². The molecule has 3 atom stereocenters. The lowest BCUT2D eigenvalue weighted by atomic mass is 10.1. The van der Waals surface area contributed by atoms with Gasteiger partial charge in [0.15, 0.2) is 5.96 Å². The highest BCUT2D eigenvalue weighted by Crippen LogP contribution is 2.27. The largest absolute Gasteiger partial charge is 0.377 e. The molecule has 0 spiro atoms. The molecule has 0 amide bonds. The van der Waals surface area contributed by atoms with Gasteiger partial charge in [-0.2, -0.15) is 11.8 Å². The van der Waals surface area contributed by atoms with Crippen molar-refractivity contribution in [2.24, 2.45) is 4.99 Å². The van der Waals surface area contributed by atoms with Crippen molar-refractivity contribution in [3.8, 4) is 0 Å². The number of ether oxygens (including phenoxy) is 1. The summed E-state index contributed by atoms with van der Waals surface area (Å²) in [4.78, 5) is 4.19. The molecule has 1 saturated heterocycles. The predicted molar refractivity (Wildman–Crippen MR) is 105 cm³/mol. The summed E-state index contributed by atoms with van der Waals surface area (Å²) in [6.45, 7) is 1.43. The van der Waals surface area contributed by atoms with Gasteiger partial charge in [-0.1, -0.05) is 0 Å². The van der Waals surface area contributed by atoms with E-state index in [9.17, 15) is 8.42 Å². The van der Waals surface area contributed by atoms with E-state index >= 15 is 0 Å². The van der Waals surface area contributed by atoms with Crippen LogP contribution in [0, 0.1) is 0 Å². The van der Waals surface area contributed by atoms with Crippen LogP contribution in [0.2, 0.25) is 0 Å². The molecule has 1 saturated carbocycles. The van der Waals surface area contributed by atoms with Gasteiger partial charge < -0.3 is 15.4 Å². The van der Waals surface area contributed by atoms with Crippen LogP contribution in [0.15, 0.2) is 4.99 Å². The van der Waals surface area contributed by atoms with Crippen molar-refractivity contribution in [1.29, 1.82) is 0 Å². The third-order valence-corrected chi connectivity index (χ3v) is 7.19. The Morgan fingerprint density at radius 3 is 2.76 bits per heavy atom. The van der Waals surface area contributed by atoms with Gasteiger partial charge in [-0.25, -0.2) is 13.1 Å². The van der Waals surface area contributed by atoms with E-state index in [0.717, 1.165) is 38.7 Å². The third kappa shape index (κ3) is 7.72. The van der Waals surface area contributed by atoms with E-state index in [-0.39, 0.29) is 11.9 Å². The van der Waals surface area contributed by atoms with Crippen LogP contribution in [0.5, 0.6) is 0 Å². The lowest BCUT2D eigenvalue weighted by molar-refractivity contribution is 0.0200. The van der Waals surface area contributed by atoms with Crippen molar-refractivity contribution in [2.45, 2.75) is 55.9 Å². The van der Waals surface area contributed by atoms with E-state index in [0.29, 0.717) is 30.3 Å². The maximum absolute atomic E-state index is 12.1. The Morgan fingerprint density at radius 1 is 1.28 bits per heavy atom. The number of nitrogens with zero attached hydrogens (tertiary/aromatic N) is 1. The van der Waals surface area contributed by atoms with E-state index in [1.807, 2.05) is 11.8 Å². The highest BCUT2D eigenvalue weighted by molar-refractivity contribution is 7.99. The molecule has 2 fully saturated rings. The second-order valence-electron chi connectivity index (χ2n) is 6.67. The molecule has 0 aromatic carbocycles. The van der Waals surface area contributed by atoms with Gasteiger partial charge in [0.1, 0.15) is 0 Å². The van der Waals surface area contributed by atoms with Crippen LogP contribution in [0.25, 0.3) is 0 Å². The zero-order chi connectivity index (χ0) is 18.1. The van der Waals surface area contributed by atoms with Crippen molar-refractivity contribution in [3.05, 3.63) is 0 Å². The fourth-order valence-corrected chi connectivity index (χ4v) is 4.99. The summed E-state index contributed by atoms with van der Waals surface area (Å²) >= 11 is 1.91. The summed E-state index contributed by atoms with van der Waals surface area (Å²) < 4.78 is 32.4. The smallest absolute Gasteiger partial charge is 0.213 e. The molecular formula is C16H32N4O3S2. The maximum atomic E-state index is 12.1. The molecule has 3 unspecified atom stereocenters. The molecule has 1 aliphatic heterocycles. The predicted octanol–water partition coefficient (Wildman–Crippen LogP) is 0.924. The standard InChI is InChI=1S/C16H32N4O3S2/c1-17-16(20-13-6-7-15(11-13)24-2)18-8-10-25(21,22)19-12-14-5-3-4-9-23-14/h13-15,19H,3-12H2,1-2H3,(H2,17,18,20). The van der Waals surface area contributed by atoms with Gasteiger partial charge in [-0.15, -0.1) is 0 Å². The first kappa shape index (κ1) is 20.8. The maximum Gasteiger partial charge on any atom is 0.213 e. The average Bonchev–Trinajstić information content (AvgIpc) is 3.07. The summed E-state index contributed by atoms with van der Waals surface area (Å²) in [5.41, 5.74) is 0. The Hall–Kier alpha value is -0.510. The number of hydrogen-bond acceptors (Lipinski definition) is 5. The van der Waals surface area contributed by atoms with E-state index in [2.05, 4.69) is 26.6 Å². The lowest BCUT2D eigenvalue weighted by Gasteiger charge is -2.22. The van der Waals surface area contributed by atoms with Gasteiger partial charge in [0.2, 0.25) is 10.0 Å². The number of nitrogens with one attached hydrogen (secondary N) is 3. The Morgan fingerprint density at radius 2 is 2.12 bits per heavy atom. The van der Waals surface area contributed by atoms with Crippen molar-refractivity contribution < 1.29 is 13.2 Å².